The molecule has 0 saturated heterocycles. The third-order valence-electron chi connectivity index (χ3n) is 12.2. The van der Waals surface area contributed by atoms with Gasteiger partial charge in [-0.05, 0) is 115 Å². The van der Waals surface area contributed by atoms with Gasteiger partial charge >= 0.3 is 5.97 Å². The van der Waals surface area contributed by atoms with Crippen LogP contribution in [-0.2, 0) is 9.53 Å². The summed E-state index contributed by atoms with van der Waals surface area (Å²) in [5.41, 5.74) is 3.11. The summed E-state index contributed by atoms with van der Waals surface area (Å²) in [5, 5.41) is 9.80. The minimum Gasteiger partial charge on any atom is -0.504 e. The number of fused-ring (bicyclic) bond motifs is 5. The first-order valence-electron chi connectivity index (χ1n) is 16.5. The lowest BCUT2D eigenvalue weighted by molar-refractivity contribution is -0.145. The maximum Gasteiger partial charge on any atom is 0.331 e. The highest BCUT2D eigenvalue weighted by Gasteiger charge is 2.59. The van der Waals surface area contributed by atoms with Crippen molar-refractivity contribution in [2.45, 2.75) is 111 Å². The number of phenolic OH excluding ortho intramolecular Hbond substituents is 1. The Hall–Kier alpha value is -2.23. The quantitative estimate of drug-likeness (QED) is 0.185. The van der Waals surface area contributed by atoms with Gasteiger partial charge in [-0.2, -0.15) is 0 Å². The maximum atomic E-state index is 12.7. The van der Waals surface area contributed by atoms with E-state index in [9.17, 15) is 9.90 Å². The van der Waals surface area contributed by atoms with Crippen LogP contribution in [0.4, 0.5) is 0 Å². The predicted molar refractivity (Wildman–Crippen MR) is 167 cm³/mol. The molecule has 3 fully saturated rings. The number of hydrogen-bond donors (Lipinski definition) is 1. The van der Waals surface area contributed by atoms with Crippen molar-refractivity contribution in [2.24, 2.45) is 46.3 Å². The number of carbonyl (C=O) groups excluding carboxylic acids is 1. The number of benzene rings is 1. The summed E-state index contributed by atoms with van der Waals surface area (Å²) in [4.78, 5) is 12.7. The van der Waals surface area contributed by atoms with Gasteiger partial charge in [0.15, 0.2) is 11.5 Å². The predicted octanol–water partition coefficient (Wildman–Crippen LogP) is 9.37. The number of phenols is 1. The average Bonchev–Trinajstić information content (AvgIpc) is 3.30. The van der Waals surface area contributed by atoms with Crippen LogP contribution in [0.15, 0.2) is 35.9 Å². The first-order valence-corrected chi connectivity index (χ1v) is 16.5. The van der Waals surface area contributed by atoms with Crippen molar-refractivity contribution in [1.29, 1.82) is 0 Å². The number of hydrogen-bond acceptors (Lipinski definition) is 4. The molecule has 0 heterocycles. The molecular formula is C37H54O4. The highest BCUT2D eigenvalue weighted by molar-refractivity contribution is 5.87. The van der Waals surface area contributed by atoms with Gasteiger partial charge in [0, 0.05) is 12.5 Å². The second-order valence-corrected chi connectivity index (χ2v) is 14.9. The summed E-state index contributed by atoms with van der Waals surface area (Å²) in [7, 11) is 1.52. The van der Waals surface area contributed by atoms with Crippen molar-refractivity contribution in [3.05, 3.63) is 41.5 Å². The molecule has 0 aromatic heterocycles. The summed E-state index contributed by atoms with van der Waals surface area (Å²) >= 11 is 0. The minimum absolute atomic E-state index is 0.0474. The third-order valence-corrected chi connectivity index (χ3v) is 12.2. The van der Waals surface area contributed by atoms with E-state index in [-0.39, 0.29) is 23.2 Å². The molecule has 3 saturated carbocycles. The Morgan fingerprint density at radius 2 is 1.88 bits per heavy atom. The van der Waals surface area contributed by atoms with E-state index in [0.29, 0.717) is 11.2 Å². The van der Waals surface area contributed by atoms with Crippen molar-refractivity contribution < 1.29 is 19.4 Å². The van der Waals surface area contributed by atoms with Crippen molar-refractivity contribution in [3.8, 4) is 11.5 Å². The molecule has 4 nitrogen and oxygen atoms in total. The van der Waals surface area contributed by atoms with Crippen LogP contribution >= 0.6 is 0 Å². The second kappa shape index (κ2) is 12.2. The number of carbonyl (C=O) groups is 1. The van der Waals surface area contributed by atoms with Crippen LogP contribution in [0.3, 0.4) is 0 Å². The van der Waals surface area contributed by atoms with Gasteiger partial charge in [-0.25, -0.2) is 4.79 Å². The Labute approximate surface area is 249 Å². The lowest BCUT2D eigenvalue weighted by atomic mass is 9.47. The molecule has 4 heteroatoms. The van der Waals surface area contributed by atoms with Gasteiger partial charge in [0.25, 0.3) is 0 Å². The number of esters is 1. The molecule has 0 spiro atoms. The maximum absolute atomic E-state index is 12.7. The van der Waals surface area contributed by atoms with Crippen LogP contribution in [0.1, 0.15) is 111 Å². The molecule has 4 aliphatic rings. The zero-order valence-corrected chi connectivity index (χ0v) is 26.5. The molecule has 1 aromatic rings. The van der Waals surface area contributed by atoms with Gasteiger partial charge in [0.05, 0.1) is 7.11 Å². The number of aromatic hydroxyl groups is 1. The van der Waals surface area contributed by atoms with E-state index in [1.165, 1.54) is 64.6 Å². The molecule has 0 amide bonds. The fraction of sp³-hybridized carbons (Fsp3) is 0.703. The van der Waals surface area contributed by atoms with Crippen molar-refractivity contribution in [2.75, 3.05) is 7.11 Å². The highest BCUT2D eigenvalue weighted by atomic mass is 16.5. The zero-order chi connectivity index (χ0) is 29.4. The second-order valence-electron chi connectivity index (χ2n) is 14.9. The van der Waals surface area contributed by atoms with Crippen molar-refractivity contribution in [3.63, 3.8) is 0 Å². The van der Waals surface area contributed by atoms with E-state index in [2.05, 4.69) is 40.7 Å². The van der Waals surface area contributed by atoms with E-state index in [1.807, 2.05) is 0 Å². The normalized spacial score (nSPS) is 35.4. The van der Waals surface area contributed by atoms with E-state index in [1.54, 1.807) is 29.8 Å². The smallest absolute Gasteiger partial charge is 0.331 e. The van der Waals surface area contributed by atoms with Crippen molar-refractivity contribution in [1.82, 2.24) is 0 Å². The summed E-state index contributed by atoms with van der Waals surface area (Å²) in [6.07, 6.45) is 19.7. The minimum atomic E-state index is -0.298. The van der Waals surface area contributed by atoms with Crippen molar-refractivity contribution >= 4 is 12.0 Å². The number of allylic oxidation sites excluding steroid dienone is 1. The molecule has 4 aliphatic carbocycles. The van der Waals surface area contributed by atoms with Crippen LogP contribution in [0.2, 0.25) is 0 Å². The van der Waals surface area contributed by atoms with Gasteiger partial charge in [-0.1, -0.05) is 71.6 Å². The lowest BCUT2D eigenvalue weighted by Gasteiger charge is -2.58. The Morgan fingerprint density at radius 1 is 1.07 bits per heavy atom. The van der Waals surface area contributed by atoms with E-state index in [4.69, 9.17) is 9.47 Å². The van der Waals surface area contributed by atoms with E-state index >= 15 is 0 Å². The van der Waals surface area contributed by atoms with Gasteiger partial charge in [0.1, 0.15) is 6.10 Å². The number of ether oxygens (including phenoxy) is 2. The average molecular weight is 563 g/mol. The Bertz CT molecular complexity index is 1150. The topological polar surface area (TPSA) is 55.8 Å². The fourth-order valence-corrected chi connectivity index (χ4v) is 9.92. The number of methoxy groups -OCH3 is 1. The van der Waals surface area contributed by atoms with Gasteiger partial charge in [-0.3, -0.25) is 0 Å². The summed E-state index contributed by atoms with van der Waals surface area (Å²) in [5.74, 6) is 5.20. The van der Waals surface area contributed by atoms with Crippen LogP contribution in [0.5, 0.6) is 11.5 Å². The van der Waals surface area contributed by atoms with Crippen LogP contribution in [0.25, 0.3) is 6.08 Å². The summed E-state index contributed by atoms with van der Waals surface area (Å²) in [6.45, 7) is 12.5. The molecule has 0 radical (unpaired) electrons. The van der Waals surface area contributed by atoms with Crippen LogP contribution in [0, 0.1) is 46.3 Å². The Balaban J connectivity index is 1.21. The molecular weight excluding hydrogens is 508 g/mol. The molecule has 226 valence electrons. The molecule has 0 aliphatic heterocycles. The Kier molecular flexibility index (Phi) is 8.98. The SMILES string of the molecule is COc1cc(C=CC(=O)OC2CC[C@@]3(C)C(=CC[C@H]4[C@@H]5CC[C@H]([C@H](C)CCCC(C)C)[C@@]5(C)CC[C@@H]43)C2)ccc1O. The molecule has 5 rings (SSSR count). The monoisotopic (exact) mass is 562 g/mol. The van der Waals surface area contributed by atoms with Crippen LogP contribution < -0.4 is 4.74 Å². The molecule has 1 unspecified atom stereocenters. The first kappa shape index (κ1) is 30.2. The standard InChI is InChI=1S/C37H54O4/c1-24(2)8-7-9-25(3)30-14-15-31-29-13-12-27-23-28(18-20-36(27,4)32(29)19-21-37(30,31)5)41-35(39)17-11-26-10-16-33(38)34(22-26)40-6/h10-12,16-17,22,24-25,28-32,38H,7-9,13-15,18-21,23H2,1-6H3/t25-,28?,29+,30-,31+,32+,36+,37-/m1/s1. The van der Waals surface area contributed by atoms with E-state index < -0.39 is 0 Å². The Morgan fingerprint density at radius 3 is 2.63 bits per heavy atom. The summed E-state index contributed by atoms with van der Waals surface area (Å²) in [6, 6.07) is 5.04. The molecule has 41 heavy (non-hydrogen) atoms. The van der Waals surface area contributed by atoms with Gasteiger partial charge in [-0.15, -0.1) is 0 Å². The highest BCUT2D eigenvalue weighted by Crippen LogP contribution is 2.67. The molecule has 8 atom stereocenters. The van der Waals surface area contributed by atoms with E-state index in [0.717, 1.165) is 60.3 Å². The zero-order valence-electron chi connectivity index (χ0n) is 26.5. The largest absolute Gasteiger partial charge is 0.504 e. The molecule has 1 N–H and O–H groups in total. The van der Waals surface area contributed by atoms with Gasteiger partial charge in [0.2, 0.25) is 0 Å². The fourth-order valence-electron chi connectivity index (χ4n) is 9.92. The molecule has 1 aromatic carbocycles. The lowest BCUT2D eigenvalue weighted by Crippen LogP contribution is -2.51. The first-order chi connectivity index (χ1) is 19.5. The molecule has 0 bridgehead atoms. The third kappa shape index (κ3) is 6.00. The summed E-state index contributed by atoms with van der Waals surface area (Å²) < 4.78 is 11.1. The van der Waals surface area contributed by atoms with Crippen LogP contribution in [-0.4, -0.2) is 24.3 Å². The van der Waals surface area contributed by atoms with Gasteiger partial charge < -0.3 is 14.6 Å². The number of rotatable bonds is 9.